The summed E-state index contributed by atoms with van der Waals surface area (Å²) in [4.78, 5) is 2.57. The van der Waals surface area contributed by atoms with Crippen LogP contribution >= 0.6 is 0 Å². The van der Waals surface area contributed by atoms with Gasteiger partial charge in [0.05, 0.1) is 0 Å². The highest BCUT2D eigenvalue weighted by Crippen LogP contribution is 2.48. The first-order valence-corrected chi connectivity index (χ1v) is 6.78. The van der Waals surface area contributed by atoms with Crippen molar-refractivity contribution in [3.05, 3.63) is 29.8 Å². The first-order valence-electron chi connectivity index (χ1n) is 6.78. The Balaban J connectivity index is 2.06. The zero-order valence-corrected chi connectivity index (χ0v) is 11.1. The van der Waals surface area contributed by atoms with Crippen LogP contribution in [-0.4, -0.2) is 24.5 Å². The zero-order valence-electron chi connectivity index (χ0n) is 11.1. The molecule has 0 aromatic heterocycles. The molecule has 0 spiro atoms. The van der Waals surface area contributed by atoms with Crippen LogP contribution in [0, 0.1) is 0 Å². The van der Waals surface area contributed by atoms with Gasteiger partial charge in [0.2, 0.25) is 0 Å². The van der Waals surface area contributed by atoms with Gasteiger partial charge in [-0.15, -0.1) is 0 Å². The van der Waals surface area contributed by atoms with Crippen LogP contribution in [0.1, 0.15) is 38.7 Å². The topological polar surface area (TPSA) is 29.3 Å². The molecule has 1 aromatic rings. The SMILES string of the molecule is CCCN(CC)CC1(c2ccc(N)cc2)CC1. The Morgan fingerprint density at radius 2 is 1.82 bits per heavy atom. The predicted octanol–water partition coefficient (Wildman–Crippen LogP) is 3.03. The minimum Gasteiger partial charge on any atom is -0.399 e. The Kier molecular flexibility index (Phi) is 3.72. The van der Waals surface area contributed by atoms with Gasteiger partial charge >= 0.3 is 0 Å². The standard InChI is InChI=1S/C15H24N2/c1-3-11-17(4-2)12-15(9-10-15)13-5-7-14(16)8-6-13/h5-8H,3-4,9-12,16H2,1-2H3. The lowest BCUT2D eigenvalue weighted by atomic mass is 9.95. The van der Waals surface area contributed by atoms with Gasteiger partial charge in [0, 0.05) is 17.6 Å². The van der Waals surface area contributed by atoms with Gasteiger partial charge in [-0.25, -0.2) is 0 Å². The first-order chi connectivity index (χ1) is 8.20. The van der Waals surface area contributed by atoms with E-state index in [9.17, 15) is 0 Å². The molecule has 0 heterocycles. The highest BCUT2D eigenvalue weighted by atomic mass is 15.1. The zero-order chi connectivity index (χ0) is 12.3. The van der Waals surface area contributed by atoms with E-state index in [-0.39, 0.29) is 0 Å². The van der Waals surface area contributed by atoms with E-state index in [1.807, 2.05) is 12.1 Å². The highest BCUT2D eigenvalue weighted by molar-refractivity contribution is 5.43. The van der Waals surface area contributed by atoms with Crippen LogP contribution in [0.5, 0.6) is 0 Å². The van der Waals surface area contributed by atoms with Crippen molar-refractivity contribution in [3.8, 4) is 0 Å². The van der Waals surface area contributed by atoms with Crippen LogP contribution in [0.4, 0.5) is 5.69 Å². The van der Waals surface area contributed by atoms with E-state index >= 15 is 0 Å². The van der Waals surface area contributed by atoms with Gasteiger partial charge in [-0.1, -0.05) is 26.0 Å². The van der Waals surface area contributed by atoms with E-state index in [1.54, 1.807) is 0 Å². The molecule has 94 valence electrons. The van der Waals surface area contributed by atoms with Crippen molar-refractivity contribution >= 4 is 5.69 Å². The molecule has 1 aliphatic rings. The van der Waals surface area contributed by atoms with Gasteiger partial charge in [0.1, 0.15) is 0 Å². The van der Waals surface area contributed by atoms with Crippen LogP contribution in [0.25, 0.3) is 0 Å². The van der Waals surface area contributed by atoms with Gasteiger partial charge in [-0.05, 0) is 50.0 Å². The maximum absolute atomic E-state index is 5.76. The molecule has 0 unspecified atom stereocenters. The molecule has 1 aliphatic carbocycles. The summed E-state index contributed by atoms with van der Waals surface area (Å²) in [6.45, 7) is 8.10. The fraction of sp³-hybridized carbons (Fsp3) is 0.600. The molecule has 2 N–H and O–H groups in total. The quantitative estimate of drug-likeness (QED) is 0.764. The Morgan fingerprint density at radius 3 is 2.29 bits per heavy atom. The number of hydrogen-bond acceptors (Lipinski definition) is 2. The molecule has 0 bridgehead atoms. The van der Waals surface area contributed by atoms with Gasteiger partial charge in [-0.2, -0.15) is 0 Å². The predicted molar refractivity (Wildman–Crippen MR) is 74.2 cm³/mol. The molecular weight excluding hydrogens is 208 g/mol. The van der Waals surface area contributed by atoms with Crippen molar-refractivity contribution in [2.45, 2.75) is 38.5 Å². The summed E-state index contributed by atoms with van der Waals surface area (Å²) < 4.78 is 0. The Hall–Kier alpha value is -1.02. The van der Waals surface area contributed by atoms with E-state index in [0.717, 1.165) is 12.2 Å². The number of nitrogens with zero attached hydrogens (tertiary/aromatic N) is 1. The number of anilines is 1. The van der Waals surface area contributed by atoms with Crippen molar-refractivity contribution < 1.29 is 0 Å². The minimum atomic E-state index is 0.429. The van der Waals surface area contributed by atoms with E-state index < -0.39 is 0 Å². The van der Waals surface area contributed by atoms with E-state index in [4.69, 9.17) is 5.73 Å². The number of nitrogens with two attached hydrogens (primary N) is 1. The number of benzene rings is 1. The lowest BCUT2D eigenvalue weighted by Crippen LogP contribution is -2.33. The summed E-state index contributed by atoms with van der Waals surface area (Å²) in [7, 11) is 0. The summed E-state index contributed by atoms with van der Waals surface area (Å²) in [5, 5.41) is 0. The van der Waals surface area contributed by atoms with Gasteiger partial charge in [0.15, 0.2) is 0 Å². The molecule has 2 nitrogen and oxygen atoms in total. The monoisotopic (exact) mass is 232 g/mol. The van der Waals surface area contributed by atoms with E-state index in [0.29, 0.717) is 5.41 Å². The molecule has 17 heavy (non-hydrogen) atoms. The molecule has 0 saturated heterocycles. The smallest absolute Gasteiger partial charge is 0.0314 e. The molecule has 0 radical (unpaired) electrons. The van der Waals surface area contributed by atoms with E-state index in [1.165, 1.54) is 37.9 Å². The lowest BCUT2D eigenvalue weighted by Gasteiger charge is -2.26. The summed E-state index contributed by atoms with van der Waals surface area (Å²) in [5.41, 5.74) is 8.52. The Labute approximate surface area is 105 Å². The first kappa shape index (κ1) is 12.4. The summed E-state index contributed by atoms with van der Waals surface area (Å²) in [5.74, 6) is 0. The maximum atomic E-state index is 5.76. The number of nitrogen functional groups attached to an aromatic ring is 1. The molecule has 2 heteroatoms. The van der Waals surface area contributed by atoms with Crippen molar-refractivity contribution in [3.63, 3.8) is 0 Å². The van der Waals surface area contributed by atoms with Crippen LogP contribution in [0.3, 0.4) is 0 Å². The Morgan fingerprint density at radius 1 is 1.18 bits per heavy atom. The summed E-state index contributed by atoms with van der Waals surface area (Å²) in [6.07, 6.45) is 3.90. The Bertz CT molecular complexity index is 352. The van der Waals surface area contributed by atoms with Crippen LogP contribution in [-0.2, 0) is 5.41 Å². The van der Waals surface area contributed by atoms with Crippen molar-refractivity contribution in [1.82, 2.24) is 4.90 Å². The average molecular weight is 232 g/mol. The molecule has 0 amide bonds. The van der Waals surface area contributed by atoms with Crippen LogP contribution in [0.15, 0.2) is 24.3 Å². The van der Waals surface area contributed by atoms with Crippen LogP contribution in [0.2, 0.25) is 0 Å². The second-order valence-electron chi connectivity index (χ2n) is 5.27. The maximum Gasteiger partial charge on any atom is 0.0314 e. The number of hydrogen-bond donors (Lipinski definition) is 1. The summed E-state index contributed by atoms with van der Waals surface area (Å²) in [6, 6.07) is 8.49. The van der Waals surface area contributed by atoms with Gasteiger partial charge in [-0.3, -0.25) is 0 Å². The molecule has 0 aliphatic heterocycles. The molecule has 2 rings (SSSR count). The average Bonchev–Trinajstić information content (AvgIpc) is 3.10. The number of likely N-dealkylation sites (N-methyl/N-ethyl adjacent to an activating group) is 1. The second kappa shape index (κ2) is 5.09. The van der Waals surface area contributed by atoms with Gasteiger partial charge < -0.3 is 10.6 Å². The molecule has 1 aromatic carbocycles. The highest BCUT2D eigenvalue weighted by Gasteiger charge is 2.44. The minimum absolute atomic E-state index is 0.429. The van der Waals surface area contributed by atoms with Crippen molar-refractivity contribution in [1.29, 1.82) is 0 Å². The molecular formula is C15H24N2. The fourth-order valence-corrected chi connectivity index (χ4v) is 2.62. The second-order valence-corrected chi connectivity index (χ2v) is 5.27. The number of rotatable bonds is 6. The van der Waals surface area contributed by atoms with Crippen molar-refractivity contribution in [2.75, 3.05) is 25.4 Å². The van der Waals surface area contributed by atoms with Crippen LogP contribution < -0.4 is 5.73 Å². The molecule has 0 atom stereocenters. The lowest BCUT2D eigenvalue weighted by molar-refractivity contribution is 0.262. The van der Waals surface area contributed by atoms with E-state index in [2.05, 4.69) is 30.9 Å². The normalized spacial score (nSPS) is 17.4. The van der Waals surface area contributed by atoms with Gasteiger partial charge in [0.25, 0.3) is 0 Å². The molecule has 1 fully saturated rings. The molecule has 1 saturated carbocycles. The largest absolute Gasteiger partial charge is 0.399 e. The third kappa shape index (κ3) is 2.81. The van der Waals surface area contributed by atoms with Crippen molar-refractivity contribution in [2.24, 2.45) is 0 Å². The fourth-order valence-electron chi connectivity index (χ4n) is 2.62. The summed E-state index contributed by atoms with van der Waals surface area (Å²) >= 11 is 0. The third-order valence-electron chi connectivity index (χ3n) is 3.89. The third-order valence-corrected chi connectivity index (χ3v) is 3.89.